The van der Waals surface area contributed by atoms with Crippen LogP contribution in [0.1, 0.15) is 51.7 Å². The number of nitrogens with zero attached hydrogens (tertiary/aromatic N) is 1. The molecule has 1 heterocycles. The first-order valence-corrected chi connectivity index (χ1v) is 10.7. The van der Waals surface area contributed by atoms with Gasteiger partial charge < -0.3 is 15.2 Å². The summed E-state index contributed by atoms with van der Waals surface area (Å²) in [4.78, 5) is 13.2. The lowest BCUT2D eigenvalue weighted by molar-refractivity contribution is -0.139. The SMILES string of the molecule is CC1(C)CC(N(Cc2ccc(F)cc2)Cc2ccc(OCC(=O)O)cc2)CC(C)(C)N1. The largest absolute Gasteiger partial charge is 0.482 e. The third kappa shape index (κ3) is 7.04. The van der Waals surface area contributed by atoms with Gasteiger partial charge in [-0.3, -0.25) is 4.90 Å². The fourth-order valence-electron chi connectivity index (χ4n) is 4.74. The van der Waals surface area contributed by atoms with E-state index in [2.05, 4.69) is 37.9 Å². The quantitative estimate of drug-likeness (QED) is 0.643. The highest BCUT2D eigenvalue weighted by Crippen LogP contribution is 2.33. The molecular formula is C25H33FN2O3. The molecule has 0 aliphatic carbocycles. The zero-order chi connectivity index (χ0) is 22.6. The van der Waals surface area contributed by atoms with Gasteiger partial charge in [-0.1, -0.05) is 24.3 Å². The van der Waals surface area contributed by atoms with E-state index in [9.17, 15) is 9.18 Å². The van der Waals surface area contributed by atoms with Crippen molar-refractivity contribution in [2.24, 2.45) is 0 Å². The molecule has 2 N–H and O–H groups in total. The molecule has 31 heavy (non-hydrogen) atoms. The molecule has 0 amide bonds. The minimum absolute atomic E-state index is 0.0159. The van der Waals surface area contributed by atoms with Gasteiger partial charge in [-0.25, -0.2) is 9.18 Å². The van der Waals surface area contributed by atoms with Crippen molar-refractivity contribution in [1.29, 1.82) is 0 Å². The monoisotopic (exact) mass is 428 g/mol. The molecule has 1 aliphatic rings. The highest BCUT2D eigenvalue weighted by Gasteiger charge is 2.39. The molecule has 1 fully saturated rings. The lowest BCUT2D eigenvalue weighted by atomic mass is 9.78. The Labute approximate surface area is 184 Å². The van der Waals surface area contributed by atoms with Crippen LogP contribution in [0.2, 0.25) is 0 Å². The predicted molar refractivity (Wildman–Crippen MR) is 120 cm³/mol. The van der Waals surface area contributed by atoms with E-state index in [0.29, 0.717) is 11.8 Å². The fraction of sp³-hybridized carbons (Fsp3) is 0.480. The smallest absolute Gasteiger partial charge is 0.341 e. The molecule has 2 aromatic rings. The van der Waals surface area contributed by atoms with E-state index in [-0.39, 0.29) is 23.5 Å². The standard InChI is InChI=1S/C25H33FN2O3/c1-24(2)13-21(14-25(3,4)27-24)28(15-18-5-9-20(26)10-6-18)16-19-7-11-22(12-8-19)31-17-23(29)30/h5-12,21,27H,13-17H2,1-4H3,(H,29,30). The predicted octanol–water partition coefficient (Wildman–Crippen LogP) is 4.60. The second-order valence-electron chi connectivity index (χ2n) is 9.81. The third-order valence-corrected chi connectivity index (χ3v) is 5.66. The average Bonchev–Trinajstić information content (AvgIpc) is 2.66. The summed E-state index contributed by atoms with van der Waals surface area (Å²) in [6.07, 6.45) is 2.02. The first-order chi connectivity index (χ1) is 14.5. The van der Waals surface area contributed by atoms with Crippen molar-refractivity contribution in [3.8, 4) is 5.75 Å². The molecule has 0 radical (unpaired) electrons. The van der Waals surface area contributed by atoms with Crippen LogP contribution in [-0.4, -0.2) is 39.7 Å². The van der Waals surface area contributed by atoms with Crippen molar-refractivity contribution in [2.75, 3.05) is 6.61 Å². The number of ether oxygens (including phenoxy) is 1. The topological polar surface area (TPSA) is 61.8 Å². The van der Waals surface area contributed by atoms with Crippen molar-refractivity contribution in [1.82, 2.24) is 10.2 Å². The molecule has 0 aromatic heterocycles. The number of aliphatic carboxylic acids is 1. The zero-order valence-electron chi connectivity index (χ0n) is 18.8. The zero-order valence-corrected chi connectivity index (χ0v) is 18.8. The number of carbonyl (C=O) groups is 1. The number of piperidine rings is 1. The molecule has 0 saturated carbocycles. The van der Waals surface area contributed by atoms with Crippen molar-refractivity contribution < 1.29 is 19.0 Å². The van der Waals surface area contributed by atoms with E-state index >= 15 is 0 Å². The molecule has 1 saturated heterocycles. The van der Waals surface area contributed by atoms with Crippen LogP contribution in [0.15, 0.2) is 48.5 Å². The molecule has 5 nitrogen and oxygen atoms in total. The molecule has 168 valence electrons. The van der Waals surface area contributed by atoms with Crippen LogP contribution in [0.25, 0.3) is 0 Å². The van der Waals surface area contributed by atoms with E-state index in [4.69, 9.17) is 9.84 Å². The molecule has 2 aromatic carbocycles. The Hall–Kier alpha value is -2.44. The Morgan fingerprint density at radius 2 is 1.48 bits per heavy atom. The highest BCUT2D eigenvalue weighted by molar-refractivity contribution is 5.68. The van der Waals surface area contributed by atoms with Gasteiger partial charge in [-0.05, 0) is 75.9 Å². The summed E-state index contributed by atoms with van der Waals surface area (Å²) in [5, 5.41) is 12.5. The molecule has 6 heteroatoms. The Morgan fingerprint density at radius 1 is 1.00 bits per heavy atom. The Bertz CT molecular complexity index is 863. The summed E-state index contributed by atoms with van der Waals surface area (Å²) in [6.45, 7) is 10.1. The number of benzene rings is 2. The van der Waals surface area contributed by atoms with Crippen molar-refractivity contribution >= 4 is 5.97 Å². The van der Waals surface area contributed by atoms with Gasteiger partial charge in [0.25, 0.3) is 0 Å². The summed E-state index contributed by atoms with van der Waals surface area (Å²) < 4.78 is 18.7. The van der Waals surface area contributed by atoms with Crippen LogP contribution in [0.4, 0.5) is 4.39 Å². The van der Waals surface area contributed by atoms with Crippen molar-refractivity contribution in [3.63, 3.8) is 0 Å². The lowest BCUT2D eigenvalue weighted by Crippen LogP contribution is -2.62. The summed E-state index contributed by atoms with van der Waals surface area (Å²) in [6, 6.07) is 14.7. The molecule has 0 spiro atoms. The summed E-state index contributed by atoms with van der Waals surface area (Å²) in [5.41, 5.74) is 2.24. The highest BCUT2D eigenvalue weighted by atomic mass is 19.1. The van der Waals surface area contributed by atoms with Crippen LogP contribution in [-0.2, 0) is 17.9 Å². The molecule has 0 bridgehead atoms. The van der Waals surface area contributed by atoms with Gasteiger partial charge in [0.05, 0.1) is 0 Å². The van der Waals surface area contributed by atoms with E-state index in [0.717, 1.165) is 37.1 Å². The number of rotatable bonds is 8. The van der Waals surface area contributed by atoms with Gasteiger partial charge in [0.2, 0.25) is 0 Å². The second-order valence-corrected chi connectivity index (χ2v) is 9.81. The van der Waals surface area contributed by atoms with Gasteiger partial charge in [-0.15, -0.1) is 0 Å². The molecular weight excluding hydrogens is 395 g/mol. The Balaban J connectivity index is 1.80. The van der Waals surface area contributed by atoms with Gasteiger partial charge in [0, 0.05) is 30.2 Å². The first-order valence-electron chi connectivity index (χ1n) is 10.7. The van der Waals surface area contributed by atoms with Gasteiger partial charge in [-0.2, -0.15) is 0 Å². The number of carboxylic acid groups (broad SMARTS) is 1. The number of hydrogen-bond donors (Lipinski definition) is 2. The van der Waals surface area contributed by atoms with E-state index in [1.807, 2.05) is 36.4 Å². The van der Waals surface area contributed by atoms with Gasteiger partial charge in [0.15, 0.2) is 6.61 Å². The van der Waals surface area contributed by atoms with Crippen LogP contribution >= 0.6 is 0 Å². The van der Waals surface area contributed by atoms with Crippen LogP contribution in [0.5, 0.6) is 5.75 Å². The minimum atomic E-state index is -0.995. The normalized spacial score (nSPS) is 18.1. The molecule has 0 unspecified atom stereocenters. The second kappa shape index (κ2) is 9.37. The van der Waals surface area contributed by atoms with Gasteiger partial charge >= 0.3 is 5.97 Å². The van der Waals surface area contributed by atoms with Crippen LogP contribution < -0.4 is 10.1 Å². The third-order valence-electron chi connectivity index (χ3n) is 5.66. The Morgan fingerprint density at radius 3 is 1.97 bits per heavy atom. The summed E-state index contributed by atoms with van der Waals surface area (Å²) in [5.74, 6) is -0.678. The maximum Gasteiger partial charge on any atom is 0.341 e. The van der Waals surface area contributed by atoms with Crippen molar-refractivity contribution in [2.45, 2.75) is 70.7 Å². The van der Waals surface area contributed by atoms with Crippen molar-refractivity contribution in [3.05, 3.63) is 65.5 Å². The first kappa shape index (κ1) is 23.2. The molecule has 0 atom stereocenters. The summed E-state index contributed by atoms with van der Waals surface area (Å²) in [7, 11) is 0. The maximum atomic E-state index is 13.4. The number of carboxylic acids is 1. The molecule has 1 aliphatic heterocycles. The summed E-state index contributed by atoms with van der Waals surface area (Å²) >= 11 is 0. The number of hydrogen-bond acceptors (Lipinski definition) is 4. The molecule has 3 rings (SSSR count). The minimum Gasteiger partial charge on any atom is -0.482 e. The van der Waals surface area contributed by atoms with E-state index in [1.165, 1.54) is 12.1 Å². The fourth-order valence-corrected chi connectivity index (χ4v) is 4.74. The maximum absolute atomic E-state index is 13.4. The van der Waals surface area contributed by atoms with E-state index < -0.39 is 5.97 Å². The lowest BCUT2D eigenvalue weighted by Gasteiger charge is -2.49. The van der Waals surface area contributed by atoms with Gasteiger partial charge in [0.1, 0.15) is 11.6 Å². The van der Waals surface area contributed by atoms with Crippen LogP contribution in [0, 0.1) is 5.82 Å². The number of nitrogens with one attached hydrogen (secondary N) is 1. The average molecular weight is 429 g/mol. The number of halogens is 1. The Kier molecular flexibility index (Phi) is 7.02. The van der Waals surface area contributed by atoms with Crippen LogP contribution in [0.3, 0.4) is 0 Å². The van der Waals surface area contributed by atoms with E-state index in [1.54, 1.807) is 0 Å².